The maximum Gasteiger partial charge on any atom is 0.296 e. The number of aryl methyl sites for hydroxylation is 1. The van der Waals surface area contributed by atoms with Crippen molar-refractivity contribution in [3.8, 4) is 0 Å². The summed E-state index contributed by atoms with van der Waals surface area (Å²) in [7, 11) is -3.86. The summed E-state index contributed by atoms with van der Waals surface area (Å²) in [5.41, 5.74) is 2.85. The molecule has 0 spiro atoms. The first-order valence-corrected chi connectivity index (χ1v) is 10.1. The molecule has 1 heterocycles. The molecule has 0 aliphatic rings. The average Bonchev–Trinajstić information content (AvgIpc) is 3.02. The summed E-state index contributed by atoms with van der Waals surface area (Å²) in [5, 5.41) is 4.94. The van der Waals surface area contributed by atoms with Gasteiger partial charge >= 0.3 is 0 Å². The van der Waals surface area contributed by atoms with Gasteiger partial charge in [-0.15, -0.1) is 0 Å². The van der Waals surface area contributed by atoms with Crippen molar-refractivity contribution < 1.29 is 17.6 Å². The predicted molar refractivity (Wildman–Crippen MR) is 106 cm³/mol. The normalized spacial score (nSPS) is 12.6. The predicted octanol–water partition coefficient (Wildman–Crippen LogP) is 3.46. The standard InChI is InChI=1S/C20H20FN3O3S/c1-12-5-3-4-6-16(12)20(25)18-11-17(21)19(23-18)13(2)14-7-9-15(10-8-14)24-28(22,26)27/h3-11,13,23-24H,1-2H3,(H2,22,26,27). The van der Waals surface area contributed by atoms with Crippen LogP contribution in [0.2, 0.25) is 0 Å². The highest BCUT2D eigenvalue weighted by Gasteiger charge is 2.21. The zero-order valence-electron chi connectivity index (χ0n) is 15.4. The number of aromatic nitrogens is 1. The quantitative estimate of drug-likeness (QED) is 0.551. The van der Waals surface area contributed by atoms with Crippen LogP contribution < -0.4 is 9.86 Å². The van der Waals surface area contributed by atoms with E-state index in [0.29, 0.717) is 11.3 Å². The number of hydrogen-bond acceptors (Lipinski definition) is 3. The van der Waals surface area contributed by atoms with Crippen LogP contribution in [0.5, 0.6) is 0 Å². The summed E-state index contributed by atoms with van der Waals surface area (Å²) in [6, 6.07) is 14.8. The lowest BCUT2D eigenvalue weighted by Crippen LogP contribution is -2.21. The molecule has 0 fully saturated rings. The third-order valence-corrected chi connectivity index (χ3v) is 5.06. The van der Waals surface area contributed by atoms with Crippen molar-refractivity contribution in [1.82, 2.24) is 4.98 Å². The Morgan fingerprint density at radius 2 is 1.79 bits per heavy atom. The Hall–Kier alpha value is -2.97. The number of rotatable bonds is 6. The summed E-state index contributed by atoms with van der Waals surface area (Å²) in [6.45, 7) is 3.62. The minimum absolute atomic E-state index is 0.182. The Balaban J connectivity index is 1.86. The number of H-pyrrole nitrogens is 1. The topological polar surface area (TPSA) is 105 Å². The second-order valence-electron chi connectivity index (χ2n) is 6.58. The number of nitrogens with two attached hydrogens (primary N) is 1. The van der Waals surface area contributed by atoms with E-state index in [4.69, 9.17) is 5.14 Å². The number of hydrogen-bond donors (Lipinski definition) is 3. The molecule has 4 N–H and O–H groups in total. The third kappa shape index (κ3) is 4.29. The van der Waals surface area contributed by atoms with Crippen LogP contribution in [0.15, 0.2) is 54.6 Å². The molecule has 0 saturated heterocycles. The molecule has 146 valence electrons. The van der Waals surface area contributed by atoms with Gasteiger partial charge in [0.05, 0.1) is 11.4 Å². The third-order valence-electron chi connectivity index (χ3n) is 4.54. The van der Waals surface area contributed by atoms with Gasteiger partial charge in [-0.2, -0.15) is 8.42 Å². The minimum Gasteiger partial charge on any atom is -0.353 e. The lowest BCUT2D eigenvalue weighted by Gasteiger charge is -2.12. The number of aromatic amines is 1. The molecule has 3 rings (SSSR count). The highest BCUT2D eigenvalue weighted by Crippen LogP contribution is 2.28. The lowest BCUT2D eigenvalue weighted by atomic mass is 9.97. The van der Waals surface area contributed by atoms with Gasteiger partial charge in [-0.3, -0.25) is 9.52 Å². The van der Waals surface area contributed by atoms with Crippen LogP contribution in [0.3, 0.4) is 0 Å². The van der Waals surface area contributed by atoms with Gasteiger partial charge in [0, 0.05) is 23.2 Å². The van der Waals surface area contributed by atoms with Gasteiger partial charge in [-0.1, -0.05) is 43.3 Å². The van der Waals surface area contributed by atoms with E-state index in [1.165, 1.54) is 18.2 Å². The van der Waals surface area contributed by atoms with Crippen LogP contribution in [0.1, 0.15) is 45.7 Å². The summed E-state index contributed by atoms with van der Waals surface area (Å²) >= 11 is 0. The van der Waals surface area contributed by atoms with Crippen LogP contribution in [0.25, 0.3) is 0 Å². The molecule has 0 bridgehead atoms. The van der Waals surface area contributed by atoms with Crippen molar-refractivity contribution in [1.29, 1.82) is 0 Å². The van der Waals surface area contributed by atoms with Crippen molar-refractivity contribution in [2.75, 3.05) is 4.72 Å². The van der Waals surface area contributed by atoms with E-state index in [1.54, 1.807) is 31.2 Å². The molecular weight excluding hydrogens is 381 g/mol. The van der Waals surface area contributed by atoms with E-state index in [2.05, 4.69) is 9.71 Å². The van der Waals surface area contributed by atoms with Gasteiger partial charge in [0.15, 0.2) is 0 Å². The number of anilines is 1. The van der Waals surface area contributed by atoms with Gasteiger partial charge < -0.3 is 4.98 Å². The fraction of sp³-hybridized carbons (Fsp3) is 0.150. The van der Waals surface area contributed by atoms with Crippen LogP contribution in [-0.2, 0) is 10.2 Å². The van der Waals surface area contributed by atoms with Gasteiger partial charge in [-0.05, 0) is 30.2 Å². The Morgan fingerprint density at radius 1 is 1.14 bits per heavy atom. The molecule has 0 aliphatic heterocycles. The first-order chi connectivity index (χ1) is 13.2. The molecule has 1 atom stereocenters. The molecule has 0 radical (unpaired) electrons. The van der Waals surface area contributed by atoms with E-state index in [1.807, 2.05) is 19.1 Å². The van der Waals surface area contributed by atoms with E-state index in [9.17, 15) is 17.6 Å². The molecule has 0 saturated carbocycles. The fourth-order valence-electron chi connectivity index (χ4n) is 3.03. The van der Waals surface area contributed by atoms with E-state index in [-0.39, 0.29) is 23.1 Å². The maximum absolute atomic E-state index is 14.5. The molecule has 0 aliphatic carbocycles. The van der Waals surface area contributed by atoms with Gasteiger partial charge in [0.2, 0.25) is 5.78 Å². The van der Waals surface area contributed by atoms with Gasteiger partial charge in [0.1, 0.15) is 5.82 Å². The van der Waals surface area contributed by atoms with Gasteiger partial charge in [-0.25, -0.2) is 9.53 Å². The molecule has 0 amide bonds. The first kappa shape index (κ1) is 19.8. The fourth-order valence-corrected chi connectivity index (χ4v) is 3.49. The number of carbonyl (C=O) groups excluding carboxylic acids is 1. The summed E-state index contributed by atoms with van der Waals surface area (Å²) in [4.78, 5) is 15.6. The van der Waals surface area contributed by atoms with E-state index in [0.717, 1.165) is 11.1 Å². The maximum atomic E-state index is 14.5. The number of ketones is 1. The number of carbonyl (C=O) groups is 1. The summed E-state index contributed by atoms with van der Waals surface area (Å²) < 4.78 is 38.8. The molecule has 2 aromatic carbocycles. The van der Waals surface area contributed by atoms with E-state index < -0.39 is 16.0 Å². The van der Waals surface area contributed by atoms with Gasteiger partial charge in [0.25, 0.3) is 10.2 Å². The summed E-state index contributed by atoms with van der Waals surface area (Å²) in [6.07, 6.45) is 0. The molecule has 1 unspecified atom stereocenters. The SMILES string of the molecule is Cc1ccccc1C(=O)c1cc(F)c(C(C)c2ccc(NS(N)(=O)=O)cc2)[nH]1. The van der Waals surface area contributed by atoms with Crippen molar-refractivity contribution >= 4 is 21.7 Å². The minimum atomic E-state index is -3.86. The second-order valence-corrected chi connectivity index (χ2v) is 7.87. The lowest BCUT2D eigenvalue weighted by molar-refractivity contribution is 0.103. The molecule has 6 nitrogen and oxygen atoms in total. The highest BCUT2D eigenvalue weighted by molar-refractivity contribution is 7.90. The molecule has 1 aromatic heterocycles. The van der Waals surface area contributed by atoms with Crippen LogP contribution in [0.4, 0.5) is 10.1 Å². The Bertz CT molecular complexity index is 1120. The first-order valence-electron chi connectivity index (χ1n) is 8.55. The number of halogens is 1. The highest BCUT2D eigenvalue weighted by atomic mass is 32.2. The smallest absolute Gasteiger partial charge is 0.296 e. The summed E-state index contributed by atoms with van der Waals surface area (Å²) in [5.74, 6) is -1.15. The van der Waals surface area contributed by atoms with Crippen molar-refractivity contribution in [3.05, 3.63) is 88.5 Å². The molecule has 8 heteroatoms. The van der Waals surface area contributed by atoms with Crippen molar-refractivity contribution in [2.24, 2.45) is 5.14 Å². The van der Waals surface area contributed by atoms with Crippen LogP contribution in [-0.4, -0.2) is 19.2 Å². The average molecular weight is 401 g/mol. The Morgan fingerprint density at radius 3 is 2.39 bits per heavy atom. The molecular formula is C20H20FN3O3S. The van der Waals surface area contributed by atoms with Crippen molar-refractivity contribution in [3.63, 3.8) is 0 Å². The Labute approximate surface area is 162 Å². The number of benzene rings is 2. The molecule has 28 heavy (non-hydrogen) atoms. The Kier molecular flexibility index (Phi) is 5.35. The second kappa shape index (κ2) is 7.57. The monoisotopic (exact) mass is 401 g/mol. The van der Waals surface area contributed by atoms with Crippen molar-refractivity contribution in [2.45, 2.75) is 19.8 Å². The molecule has 3 aromatic rings. The van der Waals surface area contributed by atoms with E-state index >= 15 is 0 Å². The van der Waals surface area contributed by atoms with Crippen LogP contribution >= 0.6 is 0 Å². The zero-order valence-corrected chi connectivity index (χ0v) is 16.2. The largest absolute Gasteiger partial charge is 0.353 e. The zero-order chi connectivity index (χ0) is 20.5. The van der Waals surface area contributed by atoms with Crippen LogP contribution in [0, 0.1) is 12.7 Å². The number of nitrogens with one attached hydrogen (secondary N) is 2.